The number of aromatic nitrogens is 2. The standard InChI is InChI=1S/C11H15F2N3O/c12-11(13)16-6-3-14-10(16)7-15-4-1-9(8-17)2-5-15/h3,6,8-9,11H,1-2,4-5,7H2. The van der Waals surface area contributed by atoms with Crippen LogP contribution in [-0.2, 0) is 11.3 Å². The first-order valence-corrected chi connectivity index (χ1v) is 5.68. The number of aldehydes is 1. The van der Waals surface area contributed by atoms with Crippen molar-refractivity contribution < 1.29 is 13.6 Å². The third kappa shape index (κ3) is 2.88. The van der Waals surface area contributed by atoms with Gasteiger partial charge in [0.15, 0.2) is 0 Å². The molecule has 4 nitrogen and oxygen atoms in total. The predicted octanol–water partition coefficient (Wildman–Crippen LogP) is 1.69. The van der Waals surface area contributed by atoms with Crippen LogP contribution in [0.15, 0.2) is 12.4 Å². The Morgan fingerprint density at radius 1 is 1.47 bits per heavy atom. The highest BCUT2D eigenvalue weighted by Crippen LogP contribution is 2.18. The van der Waals surface area contributed by atoms with E-state index in [4.69, 9.17) is 0 Å². The zero-order valence-electron chi connectivity index (χ0n) is 9.43. The van der Waals surface area contributed by atoms with E-state index in [1.54, 1.807) is 0 Å². The molecule has 1 saturated heterocycles. The van der Waals surface area contributed by atoms with Crippen LogP contribution in [0.2, 0.25) is 0 Å². The molecular formula is C11H15F2N3O. The molecule has 0 aliphatic carbocycles. The summed E-state index contributed by atoms with van der Waals surface area (Å²) in [4.78, 5) is 16.6. The van der Waals surface area contributed by atoms with E-state index >= 15 is 0 Å². The molecule has 1 aromatic heterocycles. The van der Waals surface area contributed by atoms with Crippen LogP contribution >= 0.6 is 0 Å². The molecule has 0 N–H and O–H groups in total. The number of imidazole rings is 1. The maximum absolute atomic E-state index is 12.6. The van der Waals surface area contributed by atoms with Crippen LogP contribution in [0, 0.1) is 5.92 Å². The summed E-state index contributed by atoms with van der Waals surface area (Å²) < 4.78 is 26.1. The second-order valence-corrected chi connectivity index (χ2v) is 4.28. The van der Waals surface area contributed by atoms with E-state index in [-0.39, 0.29) is 5.92 Å². The van der Waals surface area contributed by atoms with E-state index in [1.807, 2.05) is 0 Å². The van der Waals surface area contributed by atoms with E-state index in [9.17, 15) is 13.6 Å². The molecule has 0 saturated carbocycles. The molecular weight excluding hydrogens is 228 g/mol. The van der Waals surface area contributed by atoms with Gasteiger partial charge in [0.05, 0.1) is 6.54 Å². The van der Waals surface area contributed by atoms with Crippen LogP contribution in [0.25, 0.3) is 0 Å². The van der Waals surface area contributed by atoms with E-state index in [0.29, 0.717) is 12.4 Å². The fraction of sp³-hybridized carbons (Fsp3) is 0.636. The molecule has 2 rings (SSSR count). The van der Waals surface area contributed by atoms with Gasteiger partial charge in [-0.05, 0) is 25.9 Å². The summed E-state index contributed by atoms with van der Waals surface area (Å²) >= 11 is 0. The molecule has 94 valence electrons. The van der Waals surface area contributed by atoms with Crippen LogP contribution in [0.4, 0.5) is 8.78 Å². The monoisotopic (exact) mass is 243 g/mol. The number of rotatable bonds is 4. The van der Waals surface area contributed by atoms with Crippen molar-refractivity contribution >= 4 is 6.29 Å². The summed E-state index contributed by atoms with van der Waals surface area (Å²) in [7, 11) is 0. The molecule has 0 aromatic carbocycles. The second-order valence-electron chi connectivity index (χ2n) is 4.28. The van der Waals surface area contributed by atoms with Crippen LogP contribution in [0.3, 0.4) is 0 Å². The molecule has 2 heterocycles. The Morgan fingerprint density at radius 3 is 2.76 bits per heavy atom. The van der Waals surface area contributed by atoms with E-state index < -0.39 is 6.55 Å². The largest absolute Gasteiger partial charge is 0.319 e. The van der Waals surface area contributed by atoms with Crippen molar-refractivity contribution in [3.05, 3.63) is 18.2 Å². The highest BCUT2D eigenvalue weighted by atomic mass is 19.3. The van der Waals surface area contributed by atoms with Gasteiger partial charge in [-0.1, -0.05) is 0 Å². The molecule has 0 bridgehead atoms. The average molecular weight is 243 g/mol. The van der Waals surface area contributed by atoms with Gasteiger partial charge in [0, 0.05) is 18.3 Å². The summed E-state index contributed by atoms with van der Waals surface area (Å²) in [6.45, 7) is -0.595. The molecule has 1 aromatic rings. The van der Waals surface area contributed by atoms with Crippen LogP contribution in [0.5, 0.6) is 0 Å². The lowest BCUT2D eigenvalue weighted by atomic mass is 9.99. The average Bonchev–Trinajstić information content (AvgIpc) is 2.78. The number of likely N-dealkylation sites (tertiary alicyclic amines) is 1. The molecule has 1 aliphatic heterocycles. The van der Waals surface area contributed by atoms with Crippen molar-refractivity contribution in [2.24, 2.45) is 5.92 Å². The number of halogens is 2. The summed E-state index contributed by atoms with van der Waals surface area (Å²) in [6.07, 6.45) is 5.27. The van der Waals surface area contributed by atoms with Gasteiger partial charge in [-0.15, -0.1) is 0 Å². The molecule has 17 heavy (non-hydrogen) atoms. The van der Waals surface area contributed by atoms with Crippen LogP contribution in [-0.4, -0.2) is 33.8 Å². The zero-order valence-corrected chi connectivity index (χ0v) is 9.43. The molecule has 0 atom stereocenters. The molecule has 1 aliphatic rings. The third-order valence-electron chi connectivity index (χ3n) is 3.15. The first-order chi connectivity index (χ1) is 8.20. The Labute approximate surface area is 98.2 Å². The summed E-state index contributed by atoms with van der Waals surface area (Å²) in [5, 5.41) is 0. The van der Waals surface area contributed by atoms with E-state index in [1.165, 1.54) is 12.4 Å². The first kappa shape index (κ1) is 12.2. The molecule has 0 radical (unpaired) electrons. The minimum absolute atomic E-state index is 0.126. The molecule has 0 amide bonds. The van der Waals surface area contributed by atoms with Gasteiger partial charge in [-0.3, -0.25) is 9.47 Å². The highest BCUT2D eigenvalue weighted by Gasteiger charge is 2.20. The van der Waals surface area contributed by atoms with Gasteiger partial charge in [0.25, 0.3) is 0 Å². The number of piperidine rings is 1. The SMILES string of the molecule is O=CC1CCN(Cc2nccn2C(F)F)CC1. The summed E-state index contributed by atoms with van der Waals surface area (Å²) in [6, 6.07) is 0. The minimum Gasteiger partial charge on any atom is -0.303 e. The normalized spacial score (nSPS) is 18.8. The summed E-state index contributed by atoms with van der Waals surface area (Å²) in [5.41, 5.74) is 0. The van der Waals surface area contributed by atoms with Crippen molar-refractivity contribution in [2.45, 2.75) is 25.9 Å². The summed E-state index contributed by atoms with van der Waals surface area (Å²) in [5.74, 6) is 0.505. The smallest absolute Gasteiger partial charge is 0.303 e. The van der Waals surface area contributed by atoms with E-state index in [2.05, 4.69) is 9.88 Å². The van der Waals surface area contributed by atoms with Crippen molar-refractivity contribution in [3.63, 3.8) is 0 Å². The van der Waals surface area contributed by atoms with Gasteiger partial charge in [-0.2, -0.15) is 8.78 Å². The second kappa shape index (κ2) is 5.35. The number of nitrogens with zero attached hydrogens (tertiary/aromatic N) is 3. The lowest BCUT2D eigenvalue weighted by molar-refractivity contribution is -0.112. The van der Waals surface area contributed by atoms with Crippen molar-refractivity contribution in [1.82, 2.24) is 14.5 Å². The molecule has 0 spiro atoms. The molecule has 6 heteroatoms. The lowest BCUT2D eigenvalue weighted by Crippen LogP contribution is -2.34. The van der Waals surface area contributed by atoms with Crippen LogP contribution < -0.4 is 0 Å². The third-order valence-corrected chi connectivity index (χ3v) is 3.15. The van der Waals surface area contributed by atoms with Crippen molar-refractivity contribution in [2.75, 3.05) is 13.1 Å². The fourth-order valence-electron chi connectivity index (χ4n) is 2.09. The number of hydrogen-bond acceptors (Lipinski definition) is 3. The predicted molar refractivity (Wildman–Crippen MR) is 57.5 cm³/mol. The van der Waals surface area contributed by atoms with Gasteiger partial charge in [0.2, 0.25) is 0 Å². The Bertz CT molecular complexity index is 373. The molecule has 0 unspecified atom stereocenters. The van der Waals surface area contributed by atoms with Gasteiger partial charge >= 0.3 is 6.55 Å². The maximum Gasteiger partial charge on any atom is 0.319 e. The van der Waals surface area contributed by atoms with Gasteiger partial charge in [-0.25, -0.2) is 4.98 Å². The maximum atomic E-state index is 12.6. The fourth-order valence-corrected chi connectivity index (χ4v) is 2.09. The Morgan fingerprint density at radius 2 is 2.18 bits per heavy atom. The topological polar surface area (TPSA) is 38.1 Å². The minimum atomic E-state index is -2.54. The number of alkyl halides is 2. The molecule has 1 fully saturated rings. The Kier molecular flexibility index (Phi) is 3.83. The lowest BCUT2D eigenvalue weighted by Gasteiger charge is -2.29. The van der Waals surface area contributed by atoms with Crippen LogP contribution in [0.1, 0.15) is 25.2 Å². The highest BCUT2D eigenvalue weighted by molar-refractivity contribution is 5.53. The van der Waals surface area contributed by atoms with Crippen molar-refractivity contribution in [3.8, 4) is 0 Å². The Balaban J connectivity index is 1.93. The quantitative estimate of drug-likeness (QED) is 0.755. The number of carbonyl (C=O) groups is 1. The zero-order chi connectivity index (χ0) is 12.3. The first-order valence-electron chi connectivity index (χ1n) is 5.68. The number of hydrogen-bond donors (Lipinski definition) is 0. The van der Waals surface area contributed by atoms with Crippen molar-refractivity contribution in [1.29, 1.82) is 0 Å². The van der Waals surface area contributed by atoms with E-state index in [0.717, 1.165) is 36.8 Å². The Hall–Kier alpha value is -1.30. The van der Waals surface area contributed by atoms with Gasteiger partial charge < -0.3 is 4.79 Å². The van der Waals surface area contributed by atoms with Gasteiger partial charge in [0.1, 0.15) is 12.1 Å². The number of carbonyl (C=O) groups excluding carboxylic acids is 1.